The summed E-state index contributed by atoms with van der Waals surface area (Å²) in [7, 11) is 0. The lowest BCUT2D eigenvalue weighted by atomic mass is 9.89. The Hall–Kier alpha value is -0.570. The second-order valence-electron chi connectivity index (χ2n) is 4.74. The van der Waals surface area contributed by atoms with Crippen LogP contribution in [-0.4, -0.2) is 24.8 Å². The van der Waals surface area contributed by atoms with Gasteiger partial charge in [-0.25, -0.2) is 4.79 Å². The van der Waals surface area contributed by atoms with Crippen molar-refractivity contribution in [3.8, 4) is 0 Å². The molecule has 1 aliphatic carbocycles. The average molecular weight is 214 g/mol. The van der Waals surface area contributed by atoms with Crippen molar-refractivity contribution in [3.63, 3.8) is 0 Å². The minimum absolute atomic E-state index is 0.0496. The van der Waals surface area contributed by atoms with Crippen molar-refractivity contribution < 1.29 is 14.3 Å². The van der Waals surface area contributed by atoms with Crippen LogP contribution in [0.5, 0.6) is 0 Å². The van der Waals surface area contributed by atoms with Gasteiger partial charge in [-0.15, -0.1) is 0 Å². The van der Waals surface area contributed by atoms with E-state index in [1.165, 1.54) is 12.8 Å². The Balaban J connectivity index is 2.16. The van der Waals surface area contributed by atoms with Crippen LogP contribution in [0.3, 0.4) is 0 Å². The summed E-state index contributed by atoms with van der Waals surface area (Å²) in [5.41, 5.74) is 0. The largest absolute Gasteiger partial charge is 0.461 e. The summed E-state index contributed by atoms with van der Waals surface area (Å²) in [5.74, 6) is 0.480. The highest BCUT2D eigenvalue weighted by Crippen LogP contribution is 2.25. The Labute approximate surface area is 92.1 Å². The van der Waals surface area contributed by atoms with E-state index in [0.29, 0.717) is 0 Å². The fourth-order valence-electron chi connectivity index (χ4n) is 2.01. The molecule has 0 aromatic rings. The van der Waals surface area contributed by atoms with Crippen LogP contribution in [0.1, 0.15) is 46.5 Å². The maximum Gasteiger partial charge on any atom is 0.332 e. The van der Waals surface area contributed by atoms with Gasteiger partial charge in [0.15, 0.2) is 0 Å². The molecular weight excluding hydrogens is 192 g/mol. The first-order valence-electron chi connectivity index (χ1n) is 5.89. The summed E-state index contributed by atoms with van der Waals surface area (Å²) in [6.07, 6.45) is 4.87. The van der Waals surface area contributed by atoms with Gasteiger partial charge in [0.1, 0.15) is 6.61 Å². The molecule has 88 valence electrons. The first kappa shape index (κ1) is 12.5. The number of carbonyl (C=O) groups is 1. The molecule has 2 unspecified atom stereocenters. The first-order valence-corrected chi connectivity index (χ1v) is 5.89. The van der Waals surface area contributed by atoms with E-state index < -0.39 is 0 Å². The predicted molar refractivity (Wildman–Crippen MR) is 58.6 cm³/mol. The Morgan fingerprint density at radius 1 is 1.40 bits per heavy atom. The van der Waals surface area contributed by atoms with E-state index in [0.717, 1.165) is 18.8 Å². The van der Waals surface area contributed by atoms with Gasteiger partial charge in [-0.3, -0.25) is 0 Å². The van der Waals surface area contributed by atoms with E-state index in [9.17, 15) is 4.79 Å². The van der Waals surface area contributed by atoms with Gasteiger partial charge in [-0.05, 0) is 32.6 Å². The second-order valence-corrected chi connectivity index (χ2v) is 4.74. The molecule has 0 radical (unpaired) electrons. The van der Waals surface area contributed by atoms with E-state index in [4.69, 9.17) is 9.47 Å². The third-order valence-corrected chi connectivity index (χ3v) is 2.69. The van der Waals surface area contributed by atoms with Crippen molar-refractivity contribution in [2.45, 2.75) is 58.7 Å². The molecule has 3 heteroatoms. The minimum Gasteiger partial charge on any atom is -0.461 e. The molecule has 0 aromatic carbocycles. The van der Waals surface area contributed by atoms with Crippen molar-refractivity contribution in [1.82, 2.24) is 0 Å². The van der Waals surface area contributed by atoms with E-state index in [1.807, 2.05) is 13.8 Å². The lowest BCUT2D eigenvalue weighted by molar-refractivity contribution is -0.155. The summed E-state index contributed by atoms with van der Waals surface area (Å²) < 4.78 is 10.5. The zero-order valence-corrected chi connectivity index (χ0v) is 9.99. The van der Waals surface area contributed by atoms with Gasteiger partial charge in [0.25, 0.3) is 0 Å². The number of rotatable bonds is 4. The highest BCUT2D eigenvalue weighted by atomic mass is 16.6. The van der Waals surface area contributed by atoms with Crippen LogP contribution in [0, 0.1) is 5.92 Å². The molecule has 1 aliphatic rings. The fourth-order valence-corrected chi connectivity index (χ4v) is 2.01. The van der Waals surface area contributed by atoms with Crippen molar-refractivity contribution in [2.75, 3.05) is 6.61 Å². The van der Waals surface area contributed by atoms with Crippen LogP contribution < -0.4 is 0 Å². The molecule has 0 N–H and O–H groups in total. The molecule has 0 spiro atoms. The van der Waals surface area contributed by atoms with Crippen LogP contribution in [0.25, 0.3) is 0 Å². The molecule has 1 fully saturated rings. The van der Waals surface area contributed by atoms with Gasteiger partial charge in [0.05, 0.1) is 12.2 Å². The summed E-state index contributed by atoms with van der Waals surface area (Å²) in [6.45, 7) is 6.04. The molecule has 15 heavy (non-hydrogen) atoms. The van der Waals surface area contributed by atoms with Crippen molar-refractivity contribution in [1.29, 1.82) is 0 Å². The van der Waals surface area contributed by atoms with Gasteiger partial charge in [0, 0.05) is 0 Å². The van der Waals surface area contributed by atoms with Crippen LogP contribution in [0.4, 0.5) is 0 Å². The van der Waals surface area contributed by atoms with E-state index in [1.54, 1.807) is 0 Å². The number of esters is 1. The normalized spacial score (nSPS) is 26.7. The Kier molecular flexibility index (Phi) is 5.09. The lowest BCUT2D eigenvalue weighted by Gasteiger charge is -2.26. The van der Waals surface area contributed by atoms with Crippen LogP contribution in [-0.2, 0) is 14.3 Å². The minimum atomic E-state index is -0.247. The van der Waals surface area contributed by atoms with Crippen molar-refractivity contribution in [3.05, 3.63) is 0 Å². The molecule has 0 aliphatic heterocycles. The Morgan fingerprint density at radius 3 is 2.73 bits per heavy atom. The second kappa shape index (κ2) is 6.11. The number of carbonyl (C=O) groups excluding carboxylic acids is 1. The van der Waals surface area contributed by atoms with Gasteiger partial charge in [-0.2, -0.15) is 0 Å². The topological polar surface area (TPSA) is 35.5 Å². The highest BCUT2D eigenvalue weighted by molar-refractivity contribution is 5.70. The maximum absolute atomic E-state index is 11.2. The van der Waals surface area contributed by atoms with Gasteiger partial charge in [0.2, 0.25) is 0 Å². The van der Waals surface area contributed by atoms with E-state index in [2.05, 4.69) is 6.92 Å². The standard InChI is InChI=1S/C12H22O3/c1-9(2)15-12(13)8-14-11-6-4-5-10(3)7-11/h9-11H,4-8H2,1-3H3. The Bertz CT molecular complexity index is 201. The number of hydrogen-bond acceptors (Lipinski definition) is 3. The quantitative estimate of drug-likeness (QED) is 0.675. The summed E-state index contributed by atoms with van der Waals surface area (Å²) in [6, 6.07) is 0. The molecule has 0 amide bonds. The monoisotopic (exact) mass is 214 g/mol. The van der Waals surface area contributed by atoms with Crippen molar-refractivity contribution in [2.24, 2.45) is 5.92 Å². The Morgan fingerprint density at radius 2 is 2.13 bits per heavy atom. The van der Waals surface area contributed by atoms with Gasteiger partial charge < -0.3 is 9.47 Å². The molecule has 3 nitrogen and oxygen atoms in total. The summed E-state index contributed by atoms with van der Waals surface area (Å²) in [5, 5.41) is 0. The van der Waals surface area contributed by atoms with E-state index in [-0.39, 0.29) is 24.8 Å². The summed E-state index contributed by atoms with van der Waals surface area (Å²) in [4.78, 5) is 11.2. The van der Waals surface area contributed by atoms with Gasteiger partial charge in [-0.1, -0.05) is 19.8 Å². The molecule has 1 rings (SSSR count). The molecule has 0 aromatic heterocycles. The fraction of sp³-hybridized carbons (Fsp3) is 0.917. The predicted octanol–water partition coefficient (Wildman–Crippen LogP) is 2.53. The van der Waals surface area contributed by atoms with Crippen molar-refractivity contribution >= 4 is 5.97 Å². The van der Waals surface area contributed by atoms with Crippen LogP contribution >= 0.6 is 0 Å². The molecule has 0 bridgehead atoms. The number of hydrogen-bond donors (Lipinski definition) is 0. The zero-order valence-electron chi connectivity index (χ0n) is 9.99. The third kappa shape index (κ3) is 5.17. The van der Waals surface area contributed by atoms with Crippen LogP contribution in [0.2, 0.25) is 0 Å². The summed E-state index contributed by atoms with van der Waals surface area (Å²) >= 11 is 0. The molecular formula is C12H22O3. The molecule has 0 saturated heterocycles. The van der Waals surface area contributed by atoms with E-state index >= 15 is 0 Å². The smallest absolute Gasteiger partial charge is 0.332 e. The molecule has 0 heterocycles. The van der Waals surface area contributed by atoms with Gasteiger partial charge >= 0.3 is 5.97 Å². The highest BCUT2D eigenvalue weighted by Gasteiger charge is 2.20. The molecule has 2 atom stereocenters. The lowest BCUT2D eigenvalue weighted by Crippen LogP contribution is -2.26. The van der Waals surface area contributed by atoms with Crippen LogP contribution in [0.15, 0.2) is 0 Å². The third-order valence-electron chi connectivity index (χ3n) is 2.69. The maximum atomic E-state index is 11.2. The molecule has 1 saturated carbocycles. The average Bonchev–Trinajstić information content (AvgIpc) is 2.14. The SMILES string of the molecule is CC1CCCC(OCC(=O)OC(C)C)C1. The number of ether oxygens (including phenoxy) is 2. The first-order chi connectivity index (χ1) is 7.08. The zero-order chi connectivity index (χ0) is 11.3.